The topological polar surface area (TPSA) is 74.0 Å². The van der Waals surface area contributed by atoms with Gasteiger partial charge in [-0.15, -0.1) is 6.42 Å². The number of rotatable bonds is 4. The van der Waals surface area contributed by atoms with Crippen molar-refractivity contribution in [2.24, 2.45) is 0 Å². The van der Waals surface area contributed by atoms with Crippen molar-refractivity contribution in [2.75, 3.05) is 6.54 Å². The van der Waals surface area contributed by atoms with Gasteiger partial charge in [-0.3, -0.25) is 15.6 Å². The van der Waals surface area contributed by atoms with E-state index in [1.165, 1.54) is 4.90 Å². The Kier molecular flexibility index (Phi) is 3.33. The van der Waals surface area contributed by atoms with Crippen molar-refractivity contribution in [3.8, 4) is 12.3 Å². The van der Waals surface area contributed by atoms with E-state index in [4.69, 9.17) is 11.8 Å². The zero-order valence-electron chi connectivity index (χ0n) is 10.2. The van der Waals surface area contributed by atoms with Crippen molar-refractivity contribution < 1.29 is 4.79 Å². The molecule has 2 heterocycles. The summed E-state index contributed by atoms with van der Waals surface area (Å²) in [6, 6.07) is -0.783. The second kappa shape index (κ2) is 4.92. The van der Waals surface area contributed by atoms with Gasteiger partial charge >= 0.3 is 6.03 Å². The van der Waals surface area contributed by atoms with Crippen LogP contribution in [0.5, 0.6) is 0 Å². The van der Waals surface area contributed by atoms with Crippen LogP contribution in [0.4, 0.5) is 4.79 Å². The van der Waals surface area contributed by atoms with Crippen molar-refractivity contribution in [3.05, 3.63) is 18.2 Å². The van der Waals surface area contributed by atoms with Crippen LogP contribution in [0.2, 0.25) is 0 Å². The third kappa shape index (κ3) is 1.95. The fraction of sp³-hybridized carbons (Fsp3) is 0.417. The van der Waals surface area contributed by atoms with Crippen LogP contribution in [-0.4, -0.2) is 32.9 Å². The van der Waals surface area contributed by atoms with Crippen molar-refractivity contribution in [3.63, 3.8) is 0 Å². The lowest BCUT2D eigenvalue weighted by molar-refractivity contribution is 0.211. The average Bonchev–Trinajstić information content (AvgIpc) is 2.86. The van der Waals surface area contributed by atoms with Gasteiger partial charge in [0, 0.05) is 6.54 Å². The highest BCUT2D eigenvalue weighted by atomic mass is 16.2. The summed E-state index contributed by atoms with van der Waals surface area (Å²) >= 11 is 0. The zero-order valence-corrected chi connectivity index (χ0v) is 10.2. The van der Waals surface area contributed by atoms with Gasteiger partial charge in [0.1, 0.15) is 11.9 Å². The first-order valence-corrected chi connectivity index (χ1v) is 5.78. The number of hydrogen-bond donors (Lipinski definition) is 2. The van der Waals surface area contributed by atoms with Gasteiger partial charge in [0.2, 0.25) is 0 Å². The lowest BCUT2D eigenvalue weighted by Crippen LogP contribution is -2.31. The van der Waals surface area contributed by atoms with E-state index in [0.717, 1.165) is 18.7 Å². The van der Waals surface area contributed by atoms with Crippen LogP contribution in [0.15, 0.2) is 12.5 Å². The normalized spacial score (nSPS) is 18.9. The molecule has 1 aliphatic heterocycles. The Morgan fingerprint density at radius 2 is 2.44 bits per heavy atom. The lowest BCUT2D eigenvalue weighted by Gasteiger charge is -2.21. The van der Waals surface area contributed by atoms with Crippen molar-refractivity contribution >= 4 is 11.9 Å². The fourth-order valence-corrected chi connectivity index (χ4v) is 2.08. The molecular formula is C12H15N5O. The van der Waals surface area contributed by atoms with Gasteiger partial charge in [-0.1, -0.05) is 12.8 Å². The lowest BCUT2D eigenvalue weighted by atomic mass is 10.2. The highest BCUT2D eigenvalue weighted by Gasteiger charge is 2.37. The van der Waals surface area contributed by atoms with Crippen LogP contribution in [0.1, 0.15) is 25.1 Å². The largest absolute Gasteiger partial charge is 0.332 e. The summed E-state index contributed by atoms with van der Waals surface area (Å²) in [4.78, 5) is 17.3. The molecule has 1 aromatic rings. The monoisotopic (exact) mass is 245 g/mol. The Morgan fingerprint density at radius 3 is 3.11 bits per heavy atom. The number of imidazole rings is 1. The number of urea groups is 1. The van der Waals surface area contributed by atoms with E-state index in [9.17, 15) is 4.79 Å². The quantitative estimate of drug-likeness (QED) is 0.776. The predicted molar refractivity (Wildman–Crippen MR) is 67.1 cm³/mol. The molecule has 6 nitrogen and oxygen atoms in total. The van der Waals surface area contributed by atoms with E-state index in [1.54, 1.807) is 12.5 Å². The van der Waals surface area contributed by atoms with E-state index < -0.39 is 6.04 Å². The summed E-state index contributed by atoms with van der Waals surface area (Å²) < 4.78 is 1.95. The molecular weight excluding hydrogens is 230 g/mol. The number of hydrogen-bond acceptors (Lipinski definition) is 3. The van der Waals surface area contributed by atoms with E-state index in [1.807, 2.05) is 4.57 Å². The molecule has 0 radical (unpaired) electrons. The van der Waals surface area contributed by atoms with Crippen LogP contribution in [0, 0.1) is 17.8 Å². The molecule has 2 N–H and O–H groups in total. The number of aromatic nitrogens is 2. The zero-order chi connectivity index (χ0) is 13.1. The number of carbonyl (C=O) groups is 1. The molecule has 0 saturated carbocycles. The molecule has 1 fully saturated rings. The fourth-order valence-electron chi connectivity index (χ4n) is 2.08. The molecule has 0 aromatic carbocycles. The number of carbonyl (C=O) groups excluding carboxylic acids is 1. The van der Waals surface area contributed by atoms with Crippen LogP contribution in [0.25, 0.3) is 0 Å². The van der Waals surface area contributed by atoms with Crippen molar-refractivity contribution in [1.82, 2.24) is 19.8 Å². The molecule has 18 heavy (non-hydrogen) atoms. The number of nitrogens with one attached hydrogen (secondary N) is 2. The van der Waals surface area contributed by atoms with Gasteiger partial charge in [0.05, 0.1) is 24.8 Å². The predicted octanol–water partition coefficient (Wildman–Crippen LogP) is 0.970. The van der Waals surface area contributed by atoms with E-state index >= 15 is 0 Å². The SMILES string of the molecule is C#CCN1C(=O)NC(=N)C1c1cncn1CCC. The Bertz CT molecular complexity index is 513. The standard InChI is InChI=1S/C12H15N5O/c1-3-5-16-8-14-7-9(16)10-11(13)15-12(18)17(10)6-4-2/h2,7-8,10H,3,5-6H2,1H3,(H2,13,15,18). The molecule has 1 saturated heterocycles. The maximum Gasteiger partial charge on any atom is 0.324 e. The van der Waals surface area contributed by atoms with Crippen LogP contribution < -0.4 is 5.32 Å². The smallest absolute Gasteiger partial charge is 0.324 e. The van der Waals surface area contributed by atoms with Gasteiger partial charge in [-0.25, -0.2) is 9.78 Å². The summed E-state index contributed by atoms with van der Waals surface area (Å²) in [6.07, 6.45) is 9.61. The van der Waals surface area contributed by atoms with Gasteiger partial charge < -0.3 is 4.57 Å². The summed E-state index contributed by atoms with van der Waals surface area (Å²) in [7, 11) is 0. The van der Waals surface area contributed by atoms with Crippen LogP contribution >= 0.6 is 0 Å². The number of terminal acetylenes is 1. The molecule has 6 heteroatoms. The highest BCUT2D eigenvalue weighted by molar-refractivity contribution is 6.05. The average molecular weight is 245 g/mol. The minimum absolute atomic E-state index is 0.146. The maximum atomic E-state index is 11.7. The van der Waals surface area contributed by atoms with E-state index in [2.05, 4.69) is 23.1 Å². The van der Waals surface area contributed by atoms with E-state index in [-0.39, 0.29) is 18.4 Å². The summed E-state index contributed by atoms with van der Waals surface area (Å²) in [5, 5.41) is 10.4. The summed E-state index contributed by atoms with van der Waals surface area (Å²) in [5.41, 5.74) is 0.815. The number of aryl methyl sites for hydroxylation is 1. The summed E-state index contributed by atoms with van der Waals surface area (Å²) in [6.45, 7) is 3.04. The Morgan fingerprint density at radius 1 is 1.67 bits per heavy atom. The maximum absolute atomic E-state index is 11.7. The van der Waals surface area contributed by atoms with Gasteiger partial charge in [-0.05, 0) is 6.42 Å². The number of amides is 2. The van der Waals surface area contributed by atoms with Crippen molar-refractivity contribution in [2.45, 2.75) is 25.9 Å². The molecule has 1 aliphatic rings. The highest BCUT2D eigenvalue weighted by Crippen LogP contribution is 2.25. The van der Waals surface area contributed by atoms with Crippen LogP contribution in [0.3, 0.4) is 0 Å². The number of nitrogens with zero attached hydrogens (tertiary/aromatic N) is 3. The van der Waals surface area contributed by atoms with Gasteiger partial charge in [0.25, 0.3) is 0 Å². The van der Waals surface area contributed by atoms with Crippen molar-refractivity contribution in [1.29, 1.82) is 5.41 Å². The first-order chi connectivity index (χ1) is 8.69. The van der Waals surface area contributed by atoms with Crippen LogP contribution in [-0.2, 0) is 6.54 Å². The molecule has 0 aliphatic carbocycles. The molecule has 0 bridgehead atoms. The molecule has 1 aromatic heterocycles. The molecule has 2 rings (SSSR count). The Hall–Kier alpha value is -2.29. The van der Waals surface area contributed by atoms with E-state index in [0.29, 0.717) is 0 Å². The first kappa shape index (κ1) is 12.2. The number of amidine groups is 1. The Labute approximate surface area is 106 Å². The molecule has 0 spiro atoms. The molecule has 94 valence electrons. The third-order valence-corrected chi connectivity index (χ3v) is 2.84. The van der Waals surface area contributed by atoms with Gasteiger partial charge in [0.15, 0.2) is 0 Å². The second-order valence-corrected chi connectivity index (χ2v) is 4.09. The third-order valence-electron chi connectivity index (χ3n) is 2.84. The molecule has 2 amide bonds. The molecule has 1 atom stereocenters. The second-order valence-electron chi connectivity index (χ2n) is 4.09. The van der Waals surface area contributed by atoms with Gasteiger partial charge in [-0.2, -0.15) is 0 Å². The minimum atomic E-state index is -0.456. The molecule has 1 unspecified atom stereocenters. The summed E-state index contributed by atoms with van der Waals surface area (Å²) in [5.74, 6) is 2.59. The Balaban J connectivity index is 2.35. The first-order valence-electron chi connectivity index (χ1n) is 5.78. The minimum Gasteiger partial charge on any atom is -0.332 e.